The molecule has 1 heterocycles. The van der Waals surface area contributed by atoms with Crippen molar-refractivity contribution >= 4 is 12.6 Å². The molecule has 4 bridgehead atoms. The summed E-state index contributed by atoms with van der Waals surface area (Å²) in [5.74, 6) is 1.72. The summed E-state index contributed by atoms with van der Waals surface area (Å²) in [6.07, 6.45) is 7.09. The first-order valence-corrected chi connectivity index (χ1v) is 8.56. The Kier molecular flexibility index (Phi) is 2.77. The zero-order valence-corrected chi connectivity index (χ0v) is 13.2. The molecule has 5 aliphatic rings. The molecule has 5 heteroatoms. The fraction of sp³-hybridized carbons (Fsp3) is 0.556. The number of allylic oxidation sites excluding steroid dienone is 2. The van der Waals surface area contributed by atoms with Gasteiger partial charge < -0.3 is 10.0 Å². The van der Waals surface area contributed by atoms with Gasteiger partial charge in [-0.2, -0.15) is 0 Å². The van der Waals surface area contributed by atoms with Crippen LogP contribution in [0.3, 0.4) is 0 Å². The van der Waals surface area contributed by atoms with Crippen molar-refractivity contribution < 1.29 is 19.8 Å². The number of rotatable bonds is 2. The van der Waals surface area contributed by atoms with Crippen LogP contribution in [0.5, 0.6) is 0 Å². The van der Waals surface area contributed by atoms with Crippen LogP contribution in [0.1, 0.15) is 38.2 Å². The van der Waals surface area contributed by atoms with Crippen molar-refractivity contribution in [2.45, 2.75) is 43.8 Å². The van der Waals surface area contributed by atoms with Gasteiger partial charge in [-0.25, -0.2) is 9.78 Å². The van der Waals surface area contributed by atoms with E-state index < -0.39 is 12.7 Å². The first kappa shape index (κ1) is 14.2. The first-order chi connectivity index (χ1) is 11.0. The minimum Gasteiger partial charge on any atom is -0.423 e. The quantitative estimate of drug-likeness (QED) is 0.495. The second kappa shape index (κ2) is 4.48. The van der Waals surface area contributed by atoms with E-state index in [4.69, 9.17) is 9.78 Å². The largest absolute Gasteiger partial charge is 0.488 e. The Morgan fingerprint density at radius 2 is 1.87 bits per heavy atom. The molecule has 0 radical (unpaired) electrons. The van der Waals surface area contributed by atoms with Crippen molar-refractivity contribution in [1.82, 2.24) is 0 Å². The van der Waals surface area contributed by atoms with E-state index in [2.05, 4.69) is 13.0 Å². The summed E-state index contributed by atoms with van der Waals surface area (Å²) >= 11 is 0. The van der Waals surface area contributed by atoms with Crippen molar-refractivity contribution in [2.24, 2.45) is 17.8 Å². The molecule has 1 aliphatic heterocycles. The number of hydrogen-bond donors (Lipinski definition) is 2. The topological polar surface area (TPSA) is 58.9 Å². The Bertz CT molecular complexity index is 682. The summed E-state index contributed by atoms with van der Waals surface area (Å²) in [4.78, 5) is 11.6. The van der Waals surface area contributed by atoms with E-state index in [1.54, 1.807) is 11.6 Å². The Morgan fingerprint density at radius 3 is 2.43 bits per heavy atom. The zero-order valence-electron chi connectivity index (χ0n) is 13.2. The highest BCUT2D eigenvalue weighted by Gasteiger charge is 2.72. The lowest BCUT2D eigenvalue weighted by Crippen LogP contribution is -2.74. The van der Waals surface area contributed by atoms with Crippen LogP contribution in [0, 0.1) is 17.8 Å². The Hall–Kier alpha value is -1.14. The predicted octanol–water partition coefficient (Wildman–Crippen LogP) is 1.66. The zero-order chi connectivity index (χ0) is 15.8. The van der Waals surface area contributed by atoms with E-state index in [0.717, 1.165) is 18.4 Å². The summed E-state index contributed by atoms with van der Waals surface area (Å²) in [6, 6.07) is 7.45. The standard InChI is InChI=1S/C18H21BO4/c1-17(13-3-2-4-16(10-13)19(20)21)18(23-22-17)14-6-11-5-12(8-14)9-15(18)7-11/h2-5,10-11,14-15,20-21H,6-9H2,1H3. The highest BCUT2D eigenvalue weighted by molar-refractivity contribution is 6.58. The molecular weight excluding hydrogens is 291 g/mol. The highest BCUT2D eigenvalue weighted by Crippen LogP contribution is 2.67. The molecule has 2 saturated carbocycles. The molecule has 0 amide bonds. The first-order valence-electron chi connectivity index (χ1n) is 8.56. The maximum Gasteiger partial charge on any atom is 0.488 e. The van der Waals surface area contributed by atoms with Crippen molar-refractivity contribution in [3.8, 4) is 0 Å². The van der Waals surface area contributed by atoms with E-state index in [0.29, 0.717) is 23.2 Å². The van der Waals surface area contributed by atoms with Crippen LogP contribution < -0.4 is 5.46 Å². The van der Waals surface area contributed by atoms with Crippen LogP contribution in [-0.2, 0) is 15.4 Å². The molecule has 1 aromatic rings. The third-order valence-corrected chi connectivity index (χ3v) is 6.70. The normalized spacial score (nSPS) is 43.4. The lowest BCUT2D eigenvalue weighted by atomic mass is 9.48. The molecule has 4 aliphatic carbocycles. The van der Waals surface area contributed by atoms with Crippen LogP contribution in [0.4, 0.5) is 0 Å². The second-order valence-electron chi connectivity index (χ2n) is 7.85. The smallest absolute Gasteiger partial charge is 0.423 e. The van der Waals surface area contributed by atoms with Crippen molar-refractivity contribution in [1.29, 1.82) is 0 Å². The minimum atomic E-state index is -1.46. The van der Waals surface area contributed by atoms with Gasteiger partial charge in [-0.1, -0.05) is 35.9 Å². The van der Waals surface area contributed by atoms with Crippen LogP contribution in [-0.4, -0.2) is 22.8 Å². The summed E-state index contributed by atoms with van der Waals surface area (Å²) in [5.41, 5.74) is 2.31. The van der Waals surface area contributed by atoms with Crippen LogP contribution in [0.15, 0.2) is 35.9 Å². The van der Waals surface area contributed by atoms with Gasteiger partial charge in [0, 0.05) is 0 Å². The lowest BCUT2D eigenvalue weighted by molar-refractivity contribution is -0.586. The molecule has 1 spiro atoms. The molecule has 1 aromatic carbocycles. The average molecular weight is 312 g/mol. The van der Waals surface area contributed by atoms with Gasteiger partial charge in [0.1, 0.15) is 5.60 Å². The van der Waals surface area contributed by atoms with Crippen molar-refractivity contribution in [2.75, 3.05) is 0 Å². The van der Waals surface area contributed by atoms with Crippen LogP contribution in [0.25, 0.3) is 0 Å². The molecule has 4 nitrogen and oxygen atoms in total. The number of hydrogen-bond acceptors (Lipinski definition) is 4. The van der Waals surface area contributed by atoms with Gasteiger partial charge in [0.2, 0.25) is 0 Å². The van der Waals surface area contributed by atoms with Crippen molar-refractivity contribution in [3.63, 3.8) is 0 Å². The summed E-state index contributed by atoms with van der Waals surface area (Å²) in [7, 11) is -1.46. The fourth-order valence-electron chi connectivity index (χ4n) is 5.75. The van der Waals surface area contributed by atoms with Crippen LogP contribution >= 0.6 is 0 Å². The van der Waals surface area contributed by atoms with Gasteiger partial charge in [0.05, 0.1) is 0 Å². The van der Waals surface area contributed by atoms with Crippen LogP contribution in [0.2, 0.25) is 0 Å². The van der Waals surface area contributed by atoms with E-state index in [-0.39, 0.29) is 5.60 Å². The summed E-state index contributed by atoms with van der Waals surface area (Å²) in [6.45, 7) is 2.11. The third-order valence-electron chi connectivity index (χ3n) is 6.70. The minimum absolute atomic E-state index is 0.264. The Balaban J connectivity index is 1.59. The van der Waals surface area contributed by atoms with Gasteiger partial charge in [0.15, 0.2) is 5.60 Å². The molecule has 3 unspecified atom stereocenters. The molecule has 3 fully saturated rings. The van der Waals surface area contributed by atoms with Gasteiger partial charge in [0.25, 0.3) is 0 Å². The molecule has 120 valence electrons. The molecule has 1 saturated heterocycles. The maximum absolute atomic E-state index is 9.48. The summed E-state index contributed by atoms with van der Waals surface area (Å²) in [5, 5.41) is 19.0. The Morgan fingerprint density at radius 1 is 1.13 bits per heavy atom. The molecule has 0 aromatic heterocycles. The van der Waals surface area contributed by atoms with E-state index >= 15 is 0 Å². The second-order valence-corrected chi connectivity index (χ2v) is 7.85. The molecule has 6 rings (SSSR count). The molecule has 2 N–H and O–H groups in total. The summed E-state index contributed by atoms with van der Waals surface area (Å²) < 4.78 is 0. The average Bonchev–Trinajstić information content (AvgIpc) is 2.52. The van der Waals surface area contributed by atoms with E-state index in [1.807, 2.05) is 18.2 Å². The molecule has 23 heavy (non-hydrogen) atoms. The molecule has 3 atom stereocenters. The monoisotopic (exact) mass is 312 g/mol. The van der Waals surface area contributed by atoms with Crippen molar-refractivity contribution in [3.05, 3.63) is 41.5 Å². The lowest BCUT2D eigenvalue weighted by Gasteiger charge is -2.67. The Labute approximate surface area is 136 Å². The maximum atomic E-state index is 9.48. The third kappa shape index (κ3) is 1.66. The predicted molar refractivity (Wildman–Crippen MR) is 85.5 cm³/mol. The van der Waals surface area contributed by atoms with Gasteiger partial charge in [-0.05, 0) is 61.4 Å². The van der Waals surface area contributed by atoms with E-state index in [1.165, 1.54) is 12.8 Å². The molecular formula is C18H21BO4. The van der Waals surface area contributed by atoms with E-state index in [9.17, 15) is 10.0 Å². The van der Waals surface area contributed by atoms with Gasteiger partial charge in [-0.3, -0.25) is 0 Å². The van der Waals surface area contributed by atoms with Gasteiger partial charge in [-0.15, -0.1) is 0 Å². The fourth-order valence-corrected chi connectivity index (χ4v) is 5.75. The highest BCUT2D eigenvalue weighted by atomic mass is 17.3. The SMILES string of the molecule is CC1(c2cccc(B(O)O)c2)OOC12C1CC3=CC(C1)CC2C3. The van der Waals surface area contributed by atoms with Gasteiger partial charge >= 0.3 is 7.12 Å². The number of benzene rings is 1.